The number of rotatable bonds is 7. The molecule has 2 N–H and O–H groups in total. The van der Waals surface area contributed by atoms with Crippen LogP contribution < -0.4 is 5.32 Å². The van der Waals surface area contributed by atoms with Crippen LogP contribution in [0.5, 0.6) is 0 Å². The van der Waals surface area contributed by atoms with Gasteiger partial charge in [-0.1, -0.05) is 17.4 Å². The monoisotopic (exact) mass is 520 g/mol. The Kier molecular flexibility index (Phi) is 6.43. The van der Waals surface area contributed by atoms with Gasteiger partial charge in [0.05, 0.1) is 15.9 Å². The zero-order valence-electron chi connectivity index (χ0n) is 20.1. The molecule has 1 aliphatic heterocycles. The van der Waals surface area contributed by atoms with E-state index in [0.717, 1.165) is 41.2 Å². The number of amides is 1. The van der Waals surface area contributed by atoms with Gasteiger partial charge in [-0.25, -0.2) is 18.7 Å². The number of piperidine rings is 1. The lowest BCUT2D eigenvalue weighted by Gasteiger charge is -2.28. The molecule has 1 amide bonds. The van der Waals surface area contributed by atoms with Crippen molar-refractivity contribution in [2.45, 2.75) is 25.4 Å². The first-order chi connectivity index (χ1) is 18.0. The van der Waals surface area contributed by atoms with Crippen molar-refractivity contribution in [3.63, 3.8) is 0 Å². The smallest absolute Gasteiger partial charge is 0.251 e. The number of fused-ring (bicyclic) bond motifs is 3. The lowest BCUT2D eigenvalue weighted by atomic mass is 10.1. The van der Waals surface area contributed by atoms with E-state index in [1.807, 2.05) is 28.8 Å². The number of hydrogen-bond donors (Lipinski definition) is 2. The highest BCUT2D eigenvalue weighted by Gasteiger charge is 2.18. The maximum atomic E-state index is 14.9. The number of imidazole rings is 2. The van der Waals surface area contributed by atoms with Gasteiger partial charge in [0.25, 0.3) is 5.91 Å². The normalized spacial score (nSPS) is 15.1. The second-order valence-electron chi connectivity index (χ2n) is 9.32. The van der Waals surface area contributed by atoms with Gasteiger partial charge in [-0.15, -0.1) is 0 Å². The Morgan fingerprint density at radius 3 is 2.84 bits per heavy atom. The van der Waals surface area contributed by atoms with Gasteiger partial charge in [-0.05, 0) is 56.1 Å². The molecule has 4 heterocycles. The lowest BCUT2D eigenvalue weighted by molar-refractivity contribution is 0.0950. The highest BCUT2D eigenvalue weighted by atomic mass is 32.1. The van der Waals surface area contributed by atoms with Gasteiger partial charge >= 0.3 is 0 Å². The minimum atomic E-state index is -0.668. The number of likely N-dealkylation sites (tertiary alicyclic amines) is 1. The van der Waals surface area contributed by atoms with E-state index in [4.69, 9.17) is 0 Å². The summed E-state index contributed by atoms with van der Waals surface area (Å²) in [7, 11) is 0. The van der Waals surface area contributed by atoms with E-state index in [2.05, 4.69) is 25.2 Å². The third-order valence-electron chi connectivity index (χ3n) is 6.83. The molecule has 37 heavy (non-hydrogen) atoms. The van der Waals surface area contributed by atoms with Crippen molar-refractivity contribution < 1.29 is 13.6 Å². The number of nitrogens with one attached hydrogen (secondary N) is 2. The number of thiazole rings is 1. The van der Waals surface area contributed by atoms with Crippen LogP contribution in [0.15, 0.2) is 55.0 Å². The maximum Gasteiger partial charge on any atom is 0.251 e. The molecule has 0 unspecified atom stereocenters. The van der Waals surface area contributed by atoms with Crippen LogP contribution in [0.1, 0.15) is 29.6 Å². The zero-order chi connectivity index (χ0) is 25.4. The minimum absolute atomic E-state index is 0.116. The first-order valence-electron chi connectivity index (χ1n) is 12.4. The van der Waals surface area contributed by atoms with E-state index in [1.165, 1.54) is 17.4 Å². The molecule has 1 fully saturated rings. The Bertz CT molecular complexity index is 1550. The maximum absolute atomic E-state index is 14.9. The molecule has 5 aromatic rings. The number of carbonyl (C=O) groups is 1. The van der Waals surface area contributed by atoms with E-state index in [0.29, 0.717) is 47.6 Å². The summed E-state index contributed by atoms with van der Waals surface area (Å²) >= 11 is 1.46. The highest BCUT2D eigenvalue weighted by Crippen LogP contribution is 2.32. The molecule has 190 valence electrons. The molecule has 7 nitrogen and oxygen atoms in total. The minimum Gasteiger partial charge on any atom is -0.352 e. The lowest BCUT2D eigenvalue weighted by Crippen LogP contribution is -2.36. The molecule has 0 aliphatic carbocycles. The molecule has 3 aromatic heterocycles. The average Bonchev–Trinajstić information content (AvgIpc) is 3.64. The molecule has 0 radical (unpaired) electrons. The Labute approximate surface area is 216 Å². The molecule has 1 aliphatic rings. The first kappa shape index (κ1) is 23.7. The third-order valence-corrected chi connectivity index (χ3v) is 7.84. The Balaban J connectivity index is 1.13. The van der Waals surface area contributed by atoms with E-state index in [-0.39, 0.29) is 11.7 Å². The summed E-state index contributed by atoms with van der Waals surface area (Å²) < 4.78 is 31.0. The second kappa shape index (κ2) is 10.0. The van der Waals surface area contributed by atoms with Crippen LogP contribution in [-0.4, -0.2) is 62.5 Å². The van der Waals surface area contributed by atoms with Crippen molar-refractivity contribution in [3.8, 4) is 22.6 Å². The quantitative estimate of drug-likeness (QED) is 0.286. The predicted octanol–water partition coefficient (Wildman–Crippen LogP) is 5.30. The number of nitrogens with zero attached hydrogens (tertiary/aromatic N) is 4. The molecule has 0 bridgehead atoms. The molecule has 0 saturated carbocycles. The molecule has 1 saturated heterocycles. The van der Waals surface area contributed by atoms with Crippen molar-refractivity contribution in [1.29, 1.82) is 0 Å². The average molecular weight is 521 g/mol. The predicted molar refractivity (Wildman–Crippen MR) is 141 cm³/mol. The second-order valence-corrected chi connectivity index (χ2v) is 10.3. The van der Waals surface area contributed by atoms with Crippen LogP contribution in [-0.2, 0) is 0 Å². The van der Waals surface area contributed by atoms with Crippen molar-refractivity contribution in [2.75, 3.05) is 26.2 Å². The summed E-state index contributed by atoms with van der Waals surface area (Å²) in [6, 6.07) is 10.6. The van der Waals surface area contributed by atoms with E-state index >= 15 is 0 Å². The largest absolute Gasteiger partial charge is 0.352 e. The SMILES string of the molecule is O=C(NCCCN1CCC(F)CC1)c1ccc2c(c1)sc1nc(-c3ccc(-c4ncc[nH]4)cc3F)cn12. The number of benzene rings is 2. The number of aromatic amines is 1. The highest BCUT2D eigenvalue weighted by molar-refractivity contribution is 7.23. The van der Waals surface area contributed by atoms with Crippen molar-refractivity contribution in [1.82, 2.24) is 29.6 Å². The third kappa shape index (κ3) is 4.86. The standard InChI is InChI=1S/C27H26F2N6OS/c28-19-6-12-34(13-7-19)11-1-8-32-26(36)18-3-5-23-24(15-18)37-27-33-22(16-35(23)27)20-4-2-17(14-21(20)29)25-30-9-10-31-25/h2-5,9-10,14-16,19H,1,6-8,11-13H2,(H,30,31)(H,32,36). The molecule has 0 atom stereocenters. The van der Waals surface area contributed by atoms with Crippen LogP contribution in [0.25, 0.3) is 37.8 Å². The van der Waals surface area contributed by atoms with Gasteiger partial charge in [-0.2, -0.15) is 0 Å². The van der Waals surface area contributed by atoms with Crippen molar-refractivity contribution >= 4 is 32.4 Å². The zero-order valence-corrected chi connectivity index (χ0v) is 20.9. The van der Waals surface area contributed by atoms with Gasteiger partial charge in [0.15, 0.2) is 4.96 Å². The Morgan fingerprint density at radius 1 is 1.19 bits per heavy atom. The van der Waals surface area contributed by atoms with Gasteiger partial charge < -0.3 is 15.2 Å². The van der Waals surface area contributed by atoms with Gasteiger partial charge in [-0.3, -0.25) is 9.20 Å². The number of carbonyl (C=O) groups excluding carboxylic acids is 1. The van der Waals surface area contributed by atoms with Crippen LogP contribution in [0.4, 0.5) is 8.78 Å². The van der Waals surface area contributed by atoms with E-state index in [1.54, 1.807) is 24.5 Å². The molecule has 2 aromatic carbocycles. The van der Waals surface area contributed by atoms with Crippen LogP contribution in [0.2, 0.25) is 0 Å². The fourth-order valence-electron chi connectivity index (χ4n) is 4.80. The fraction of sp³-hybridized carbons (Fsp3) is 0.296. The summed E-state index contributed by atoms with van der Waals surface area (Å²) in [5, 5.41) is 2.99. The fourth-order valence-corrected chi connectivity index (χ4v) is 5.84. The van der Waals surface area contributed by atoms with Crippen LogP contribution in [0, 0.1) is 5.82 Å². The van der Waals surface area contributed by atoms with Crippen molar-refractivity contribution in [3.05, 3.63) is 66.4 Å². The number of H-pyrrole nitrogens is 1. The molecule has 0 spiro atoms. The van der Waals surface area contributed by atoms with Crippen LogP contribution >= 0.6 is 11.3 Å². The van der Waals surface area contributed by atoms with Crippen molar-refractivity contribution in [2.24, 2.45) is 0 Å². The summed E-state index contributed by atoms with van der Waals surface area (Å²) in [5.74, 6) is 0.130. The van der Waals surface area contributed by atoms with Gasteiger partial charge in [0.1, 0.15) is 17.8 Å². The molecular weight excluding hydrogens is 494 g/mol. The topological polar surface area (TPSA) is 78.3 Å². The molecule has 6 rings (SSSR count). The summed E-state index contributed by atoms with van der Waals surface area (Å²) in [5.41, 5.74) is 3.15. The molecule has 10 heteroatoms. The summed E-state index contributed by atoms with van der Waals surface area (Å²) in [4.78, 5) is 27.5. The number of aromatic nitrogens is 4. The Hall–Kier alpha value is -3.63. The Morgan fingerprint density at radius 2 is 2.05 bits per heavy atom. The molecular formula is C27H26F2N6OS. The number of hydrogen-bond acceptors (Lipinski definition) is 5. The van der Waals surface area contributed by atoms with E-state index in [9.17, 15) is 13.6 Å². The van der Waals surface area contributed by atoms with Gasteiger partial charge in [0.2, 0.25) is 0 Å². The summed E-state index contributed by atoms with van der Waals surface area (Å²) in [6.07, 6.45) is 6.52. The number of alkyl halides is 1. The van der Waals surface area contributed by atoms with Crippen LogP contribution in [0.3, 0.4) is 0 Å². The first-order valence-corrected chi connectivity index (χ1v) is 13.2. The van der Waals surface area contributed by atoms with Gasteiger partial charge in [0, 0.05) is 54.9 Å². The summed E-state index contributed by atoms with van der Waals surface area (Å²) in [6.45, 7) is 3.02. The number of halogens is 2. The van der Waals surface area contributed by atoms with E-state index < -0.39 is 6.17 Å².